The van der Waals surface area contributed by atoms with Gasteiger partial charge in [0.25, 0.3) is 0 Å². The molecule has 0 unspecified atom stereocenters. The fourth-order valence-corrected chi connectivity index (χ4v) is 2.87. The van der Waals surface area contributed by atoms with Gasteiger partial charge >= 0.3 is 0 Å². The van der Waals surface area contributed by atoms with E-state index < -0.39 is 0 Å². The molecule has 3 heteroatoms. The maximum Gasteiger partial charge on any atom is 0.164 e. The summed E-state index contributed by atoms with van der Waals surface area (Å²) < 4.78 is 0. The summed E-state index contributed by atoms with van der Waals surface area (Å²) in [6, 6.07) is 14.2. The Morgan fingerprint density at radius 2 is 1.90 bits per heavy atom. The molecule has 0 saturated carbocycles. The van der Waals surface area contributed by atoms with Crippen molar-refractivity contribution in [3.8, 4) is 0 Å². The number of rotatable bonds is 7. The molecule has 2 rings (SSSR count). The molecular formula is C17H21NOS. The second-order valence-electron chi connectivity index (χ2n) is 5.18. The molecule has 0 atom stereocenters. The van der Waals surface area contributed by atoms with Crippen LogP contribution in [0, 0.1) is 0 Å². The van der Waals surface area contributed by atoms with E-state index in [1.807, 2.05) is 30.3 Å². The largest absolute Gasteiger partial charge is 0.295 e. The van der Waals surface area contributed by atoms with Crippen LogP contribution in [-0.4, -0.2) is 23.3 Å². The molecule has 106 valence electrons. The molecule has 2 nitrogen and oxygen atoms in total. The lowest BCUT2D eigenvalue weighted by Gasteiger charge is -2.25. The average Bonchev–Trinajstić information content (AvgIpc) is 2.96. The fourth-order valence-electron chi connectivity index (χ4n) is 2.14. The van der Waals surface area contributed by atoms with Crippen LogP contribution in [0.3, 0.4) is 0 Å². The van der Waals surface area contributed by atoms with Crippen molar-refractivity contribution in [1.82, 2.24) is 4.90 Å². The lowest BCUT2D eigenvalue weighted by Crippen LogP contribution is -2.32. The smallest absolute Gasteiger partial charge is 0.164 e. The van der Waals surface area contributed by atoms with Crippen LogP contribution in [0.4, 0.5) is 0 Å². The summed E-state index contributed by atoms with van der Waals surface area (Å²) in [7, 11) is 0. The molecule has 1 heterocycles. The minimum absolute atomic E-state index is 0.224. The Labute approximate surface area is 125 Å². The highest BCUT2D eigenvalue weighted by Crippen LogP contribution is 2.15. The predicted octanol–water partition coefficient (Wildman–Crippen LogP) is 4.23. The zero-order valence-corrected chi connectivity index (χ0v) is 12.9. The van der Waals surface area contributed by atoms with Gasteiger partial charge in [-0.1, -0.05) is 36.4 Å². The maximum absolute atomic E-state index is 12.2. The van der Waals surface area contributed by atoms with E-state index in [2.05, 4.69) is 36.3 Å². The summed E-state index contributed by atoms with van der Waals surface area (Å²) in [5, 5.41) is 2.10. The van der Waals surface area contributed by atoms with E-state index in [-0.39, 0.29) is 5.78 Å². The first-order valence-corrected chi connectivity index (χ1v) is 7.89. The Morgan fingerprint density at radius 1 is 1.15 bits per heavy atom. The number of benzene rings is 1. The van der Waals surface area contributed by atoms with Crippen molar-refractivity contribution < 1.29 is 4.79 Å². The van der Waals surface area contributed by atoms with E-state index in [1.165, 1.54) is 4.88 Å². The van der Waals surface area contributed by atoms with Crippen LogP contribution in [0.2, 0.25) is 0 Å². The van der Waals surface area contributed by atoms with Gasteiger partial charge in [-0.25, -0.2) is 0 Å². The van der Waals surface area contributed by atoms with E-state index in [1.54, 1.807) is 11.3 Å². The predicted molar refractivity (Wildman–Crippen MR) is 85.3 cm³/mol. The summed E-state index contributed by atoms with van der Waals surface area (Å²) in [5.41, 5.74) is 0.812. The van der Waals surface area contributed by atoms with Gasteiger partial charge in [-0.05, 0) is 25.3 Å². The molecule has 0 bridgehead atoms. The Balaban J connectivity index is 1.91. The number of carbonyl (C=O) groups is 1. The van der Waals surface area contributed by atoms with Gasteiger partial charge in [0.05, 0.1) is 0 Å². The van der Waals surface area contributed by atoms with Gasteiger partial charge in [-0.2, -0.15) is 0 Å². The maximum atomic E-state index is 12.2. The van der Waals surface area contributed by atoms with Crippen molar-refractivity contribution in [3.63, 3.8) is 0 Å². The number of Topliss-reactive ketones (excluding diaryl/α,β-unsaturated/α-hetero) is 1. The fraction of sp³-hybridized carbons (Fsp3) is 0.353. The van der Waals surface area contributed by atoms with E-state index >= 15 is 0 Å². The molecule has 0 aliphatic heterocycles. The Hall–Kier alpha value is -1.45. The summed E-state index contributed by atoms with van der Waals surface area (Å²) in [5.74, 6) is 0.224. The second kappa shape index (κ2) is 7.36. The third kappa shape index (κ3) is 4.29. The van der Waals surface area contributed by atoms with Gasteiger partial charge < -0.3 is 0 Å². The van der Waals surface area contributed by atoms with Crippen molar-refractivity contribution in [3.05, 3.63) is 58.3 Å². The molecule has 0 amide bonds. The van der Waals surface area contributed by atoms with Crippen LogP contribution in [0.25, 0.3) is 0 Å². The summed E-state index contributed by atoms with van der Waals surface area (Å²) in [4.78, 5) is 15.9. The van der Waals surface area contributed by atoms with Crippen LogP contribution in [0.15, 0.2) is 47.8 Å². The molecule has 1 aromatic heterocycles. The molecule has 0 saturated heterocycles. The van der Waals surface area contributed by atoms with Crippen LogP contribution in [0.1, 0.15) is 35.5 Å². The van der Waals surface area contributed by atoms with E-state index in [9.17, 15) is 4.79 Å². The third-order valence-corrected chi connectivity index (χ3v) is 4.25. The molecule has 20 heavy (non-hydrogen) atoms. The molecule has 0 fully saturated rings. The number of nitrogens with zero attached hydrogens (tertiary/aromatic N) is 1. The van der Waals surface area contributed by atoms with Gasteiger partial charge in [0.1, 0.15) is 0 Å². The average molecular weight is 287 g/mol. The molecule has 0 spiro atoms. The molecule has 0 aliphatic carbocycles. The number of carbonyl (C=O) groups excluding carboxylic acids is 1. The van der Waals surface area contributed by atoms with Crippen molar-refractivity contribution in [1.29, 1.82) is 0 Å². The lowest BCUT2D eigenvalue weighted by molar-refractivity contribution is 0.0953. The minimum Gasteiger partial charge on any atom is -0.295 e. The van der Waals surface area contributed by atoms with E-state index in [4.69, 9.17) is 0 Å². The van der Waals surface area contributed by atoms with Crippen molar-refractivity contribution >= 4 is 17.1 Å². The molecule has 1 aromatic carbocycles. The number of thiophene rings is 1. The molecule has 0 N–H and O–H groups in total. The summed E-state index contributed by atoms with van der Waals surface area (Å²) in [6.45, 7) is 6.10. The van der Waals surface area contributed by atoms with Crippen LogP contribution in [-0.2, 0) is 6.54 Å². The topological polar surface area (TPSA) is 20.3 Å². The summed E-state index contributed by atoms with van der Waals surface area (Å²) >= 11 is 1.77. The third-order valence-electron chi connectivity index (χ3n) is 3.39. The Morgan fingerprint density at radius 3 is 2.50 bits per heavy atom. The first kappa shape index (κ1) is 14.9. The molecule has 0 radical (unpaired) electrons. The van der Waals surface area contributed by atoms with Gasteiger partial charge in [-0.3, -0.25) is 9.69 Å². The molecular weight excluding hydrogens is 266 g/mol. The Bertz CT molecular complexity index is 519. The number of ketones is 1. The quantitative estimate of drug-likeness (QED) is 0.710. The standard InChI is InChI=1S/C17H21NOS/c1-14(2)18(13-16-9-6-12-20-16)11-10-17(19)15-7-4-3-5-8-15/h3-9,12,14H,10-11,13H2,1-2H3. The monoisotopic (exact) mass is 287 g/mol. The lowest BCUT2D eigenvalue weighted by atomic mass is 10.1. The minimum atomic E-state index is 0.224. The van der Waals surface area contributed by atoms with Crippen LogP contribution >= 0.6 is 11.3 Å². The van der Waals surface area contributed by atoms with Crippen LogP contribution < -0.4 is 0 Å². The van der Waals surface area contributed by atoms with Crippen molar-refractivity contribution in [2.24, 2.45) is 0 Å². The number of hydrogen-bond donors (Lipinski definition) is 0. The van der Waals surface area contributed by atoms with Gasteiger partial charge in [-0.15, -0.1) is 11.3 Å². The Kier molecular flexibility index (Phi) is 5.50. The highest BCUT2D eigenvalue weighted by Gasteiger charge is 2.13. The van der Waals surface area contributed by atoms with Gasteiger partial charge in [0.15, 0.2) is 5.78 Å². The first-order valence-electron chi connectivity index (χ1n) is 7.01. The van der Waals surface area contributed by atoms with Gasteiger partial charge in [0.2, 0.25) is 0 Å². The van der Waals surface area contributed by atoms with Crippen molar-refractivity contribution in [2.75, 3.05) is 6.54 Å². The highest BCUT2D eigenvalue weighted by atomic mass is 32.1. The zero-order valence-electron chi connectivity index (χ0n) is 12.1. The normalized spacial score (nSPS) is 11.2. The number of hydrogen-bond acceptors (Lipinski definition) is 3. The van der Waals surface area contributed by atoms with Crippen LogP contribution in [0.5, 0.6) is 0 Å². The zero-order chi connectivity index (χ0) is 14.4. The van der Waals surface area contributed by atoms with Crippen molar-refractivity contribution in [2.45, 2.75) is 32.9 Å². The highest BCUT2D eigenvalue weighted by molar-refractivity contribution is 7.09. The molecule has 0 aliphatic rings. The van der Waals surface area contributed by atoms with E-state index in [0.717, 1.165) is 18.7 Å². The van der Waals surface area contributed by atoms with Gasteiger partial charge in [0, 0.05) is 36.0 Å². The summed E-state index contributed by atoms with van der Waals surface area (Å²) in [6.07, 6.45) is 0.577. The second-order valence-corrected chi connectivity index (χ2v) is 6.22. The van der Waals surface area contributed by atoms with E-state index in [0.29, 0.717) is 12.5 Å². The molecule has 2 aromatic rings. The first-order chi connectivity index (χ1) is 9.66. The SMILES string of the molecule is CC(C)N(CCC(=O)c1ccccc1)Cc1cccs1.